The Balaban J connectivity index is 1.54. The number of carbonyl (C=O) groups is 2. The number of benzene rings is 2. The number of nitro benzene ring substituents is 1. The Morgan fingerprint density at radius 1 is 1.03 bits per heavy atom. The highest BCUT2D eigenvalue weighted by molar-refractivity contribution is 6.35. The third-order valence-electron chi connectivity index (χ3n) is 3.83. The van der Waals surface area contributed by atoms with E-state index in [1.807, 2.05) is 30.3 Å². The third kappa shape index (κ3) is 5.36. The number of rotatable bonds is 6. The molecule has 0 aliphatic carbocycles. The summed E-state index contributed by atoms with van der Waals surface area (Å²) in [6.45, 7) is 0.224. The average molecular weight is 392 g/mol. The average Bonchev–Trinajstić information content (AvgIpc) is 3.21. The van der Waals surface area contributed by atoms with Gasteiger partial charge in [0.15, 0.2) is 0 Å². The molecule has 3 aromatic rings. The SMILES string of the molecule is O=C(NCc1ccccc1)C(=O)N/N=C/c1ccc(-c2cccc([N+](=O)[O-])c2)o1. The van der Waals surface area contributed by atoms with Crippen molar-refractivity contribution in [1.29, 1.82) is 0 Å². The van der Waals surface area contributed by atoms with Gasteiger partial charge < -0.3 is 9.73 Å². The highest BCUT2D eigenvalue weighted by Crippen LogP contribution is 2.25. The maximum absolute atomic E-state index is 11.8. The summed E-state index contributed by atoms with van der Waals surface area (Å²) in [6.07, 6.45) is 1.23. The molecule has 9 heteroatoms. The first kappa shape index (κ1) is 19.5. The van der Waals surface area contributed by atoms with Gasteiger partial charge in [0.25, 0.3) is 5.69 Å². The first-order valence-corrected chi connectivity index (χ1v) is 8.53. The van der Waals surface area contributed by atoms with E-state index in [1.54, 1.807) is 24.3 Å². The first-order chi connectivity index (χ1) is 14.0. The van der Waals surface area contributed by atoms with Gasteiger partial charge in [-0.05, 0) is 17.7 Å². The lowest BCUT2D eigenvalue weighted by molar-refractivity contribution is -0.384. The molecule has 1 heterocycles. The van der Waals surface area contributed by atoms with E-state index in [1.165, 1.54) is 18.3 Å². The lowest BCUT2D eigenvalue weighted by atomic mass is 10.1. The van der Waals surface area contributed by atoms with Crippen LogP contribution in [0.15, 0.2) is 76.2 Å². The zero-order chi connectivity index (χ0) is 20.6. The van der Waals surface area contributed by atoms with Crippen molar-refractivity contribution in [3.63, 3.8) is 0 Å². The van der Waals surface area contributed by atoms with E-state index in [9.17, 15) is 19.7 Å². The van der Waals surface area contributed by atoms with Gasteiger partial charge in [0.05, 0.1) is 11.1 Å². The van der Waals surface area contributed by atoms with Crippen LogP contribution in [0.2, 0.25) is 0 Å². The van der Waals surface area contributed by atoms with Crippen LogP contribution in [0.5, 0.6) is 0 Å². The normalized spacial score (nSPS) is 10.6. The Labute approximate surface area is 165 Å². The minimum atomic E-state index is -0.914. The number of nitrogens with zero attached hydrogens (tertiary/aromatic N) is 2. The van der Waals surface area contributed by atoms with Gasteiger partial charge in [-0.15, -0.1) is 0 Å². The fourth-order valence-electron chi connectivity index (χ4n) is 2.41. The molecule has 2 amide bonds. The van der Waals surface area contributed by atoms with Gasteiger partial charge in [0, 0.05) is 24.2 Å². The van der Waals surface area contributed by atoms with E-state index >= 15 is 0 Å². The summed E-state index contributed by atoms with van der Waals surface area (Å²) in [5.74, 6) is -1.02. The quantitative estimate of drug-likeness (QED) is 0.289. The van der Waals surface area contributed by atoms with Crippen molar-refractivity contribution in [2.75, 3.05) is 0 Å². The van der Waals surface area contributed by atoms with E-state index in [-0.39, 0.29) is 12.2 Å². The van der Waals surface area contributed by atoms with Crippen LogP contribution in [-0.2, 0) is 16.1 Å². The highest BCUT2D eigenvalue weighted by atomic mass is 16.6. The fourth-order valence-corrected chi connectivity index (χ4v) is 2.41. The van der Waals surface area contributed by atoms with E-state index in [0.29, 0.717) is 17.1 Å². The molecule has 0 fully saturated rings. The topological polar surface area (TPSA) is 127 Å². The van der Waals surface area contributed by atoms with Gasteiger partial charge in [-0.2, -0.15) is 5.10 Å². The summed E-state index contributed by atoms with van der Waals surface area (Å²) in [5, 5.41) is 17.0. The molecule has 2 aromatic carbocycles. The van der Waals surface area contributed by atoms with E-state index < -0.39 is 16.7 Å². The molecule has 9 nitrogen and oxygen atoms in total. The number of non-ortho nitro benzene ring substituents is 1. The van der Waals surface area contributed by atoms with Gasteiger partial charge in [0.1, 0.15) is 11.5 Å². The molecule has 0 aliphatic heterocycles. The zero-order valence-electron chi connectivity index (χ0n) is 15.1. The largest absolute Gasteiger partial charge is 0.455 e. The number of hydrazone groups is 1. The molecule has 3 rings (SSSR count). The molecule has 0 saturated carbocycles. The predicted molar refractivity (Wildman–Crippen MR) is 105 cm³/mol. The van der Waals surface area contributed by atoms with Crippen molar-refractivity contribution in [3.05, 3.63) is 88.2 Å². The Kier molecular flexibility index (Phi) is 6.11. The van der Waals surface area contributed by atoms with Crippen molar-refractivity contribution >= 4 is 23.7 Å². The van der Waals surface area contributed by atoms with Gasteiger partial charge in [-0.3, -0.25) is 19.7 Å². The van der Waals surface area contributed by atoms with E-state index in [2.05, 4.69) is 15.8 Å². The monoisotopic (exact) mass is 392 g/mol. The van der Waals surface area contributed by atoms with Gasteiger partial charge in [0.2, 0.25) is 0 Å². The molecule has 0 unspecified atom stereocenters. The minimum absolute atomic E-state index is 0.0529. The second kappa shape index (κ2) is 9.09. The number of hydrogen-bond donors (Lipinski definition) is 2. The van der Waals surface area contributed by atoms with Gasteiger partial charge in [-0.1, -0.05) is 42.5 Å². The smallest absolute Gasteiger partial charge is 0.329 e. The molecular formula is C20H16N4O5. The maximum atomic E-state index is 11.8. The number of nitrogens with one attached hydrogen (secondary N) is 2. The van der Waals surface area contributed by atoms with Crippen LogP contribution in [0.3, 0.4) is 0 Å². The zero-order valence-corrected chi connectivity index (χ0v) is 15.1. The molecule has 2 N–H and O–H groups in total. The van der Waals surface area contributed by atoms with Crippen molar-refractivity contribution in [3.8, 4) is 11.3 Å². The molecule has 0 saturated heterocycles. The number of furan rings is 1. The van der Waals surface area contributed by atoms with E-state index in [0.717, 1.165) is 5.56 Å². The predicted octanol–water partition coefficient (Wildman–Crippen LogP) is 2.62. The summed E-state index contributed by atoms with van der Waals surface area (Å²) in [7, 11) is 0. The lowest BCUT2D eigenvalue weighted by Gasteiger charge is -2.03. The molecule has 0 bridgehead atoms. The number of hydrogen-bond acceptors (Lipinski definition) is 6. The molecule has 0 atom stereocenters. The summed E-state index contributed by atoms with van der Waals surface area (Å²) < 4.78 is 5.53. The van der Waals surface area contributed by atoms with Crippen LogP contribution < -0.4 is 10.7 Å². The standard InChI is InChI=1S/C20H16N4O5/c25-19(21-12-14-5-2-1-3-6-14)20(26)23-22-13-17-9-10-18(29-17)15-7-4-8-16(11-15)24(27)28/h1-11,13H,12H2,(H,21,25)(H,23,26)/b22-13+. The van der Waals surface area contributed by atoms with Gasteiger partial charge >= 0.3 is 11.8 Å². The Morgan fingerprint density at radius 2 is 1.83 bits per heavy atom. The molecule has 29 heavy (non-hydrogen) atoms. The molecule has 0 spiro atoms. The van der Waals surface area contributed by atoms with Crippen LogP contribution >= 0.6 is 0 Å². The van der Waals surface area contributed by atoms with Gasteiger partial charge in [-0.25, -0.2) is 5.43 Å². The van der Waals surface area contributed by atoms with Crippen molar-refractivity contribution < 1.29 is 18.9 Å². The third-order valence-corrected chi connectivity index (χ3v) is 3.83. The van der Waals surface area contributed by atoms with Crippen molar-refractivity contribution in [1.82, 2.24) is 10.7 Å². The molecule has 146 valence electrons. The minimum Gasteiger partial charge on any atom is -0.455 e. The summed E-state index contributed by atoms with van der Waals surface area (Å²) in [6, 6.07) is 18.4. The first-order valence-electron chi connectivity index (χ1n) is 8.53. The number of nitro groups is 1. The van der Waals surface area contributed by atoms with Crippen LogP contribution in [0.4, 0.5) is 5.69 Å². The second-order valence-electron chi connectivity index (χ2n) is 5.88. The Hall–Kier alpha value is -4.27. The van der Waals surface area contributed by atoms with E-state index in [4.69, 9.17) is 4.42 Å². The molecule has 1 aromatic heterocycles. The highest BCUT2D eigenvalue weighted by Gasteiger charge is 2.12. The summed E-state index contributed by atoms with van der Waals surface area (Å²) >= 11 is 0. The number of amides is 2. The molecular weight excluding hydrogens is 376 g/mol. The Bertz CT molecular complexity index is 1060. The fraction of sp³-hybridized carbons (Fsp3) is 0.0500. The Morgan fingerprint density at radius 3 is 2.59 bits per heavy atom. The number of carbonyl (C=O) groups excluding carboxylic acids is 2. The van der Waals surface area contributed by atoms with Crippen LogP contribution in [-0.4, -0.2) is 23.0 Å². The van der Waals surface area contributed by atoms with Crippen LogP contribution in [0.1, 0.15) is 11.3 Å². The maximum Gasteiger partial charge on any atom is 0.329 e. The molecule has 0 radical (unpaired) electrons. The summed E-state index contributed by atoms with van der Waals surface area (Å²) in [5.41, 5.74) is 3.45. The lowest BCUT2D eigenvalue weighted by Crippen LogP contribution is -2.37. The van der Waals surface area contributed by atoms with Crippen LogP contribution in [0, 0.1) is 10.1 Å². The van der Waals surface area contributed by atoms with Crippen molar-refractivity contribution in [2.24, 2.45) is 5.10 Å². The summed E-state index contributed by atoms with van der Waals surface area (Å²) in [4.78, 5) is 33.9. The van der Waals surface area contributed by atoms with Crippen molar-refractivity contribution in [2.45, 2.75) is 6.54 Å². The van der Waals surface area contributed by atoms with Crippen LogP contribution in [0.25, 0.3) is 11.3 Å². The molecule has 0 aliphatic rings. The second-order valence-corrected chi connectivity index (χ2v) is 5.88.